The minimum atomic E-state index is -1.06. The predicted octanol–water partition coefficient (Wildman–Crippen LogP) is 3.04. The van der Waals surface area contributed by atoms with Crippen LogP contribution in [0.2, 0.25) is 0 Å². The van der Waals surface area contributed by atoms with Gasteiger partial charge in [-0.1, -0.05) is 12.1 Å². The lowest BCUT2D eigenvalue weighted by Gasteiger charge is -2.10. The largest absolute Gasteiger partial charge is 0.496 e. The highest BCUT2D eigenvalue weighted by molar-refractivity contribution is 9.10. The number of aromatic nitrogens is 2. The van der Waals surface area contributed by atoms with Gasteiger partial charge in [-0.05, 0) is 35.0 Å². The van der Waals surface area contributed by atoms with Crippen LogP contribution < -0.4 is 4.74 Å². The average molecular weight is 325 g/mol. The molecule has 5 nitrogen and oxygen atoms in total. The van der Waals surface area contributed by atoms with Gasteiger partial charge in [-0.2, -0.15) is 5.10 Å². The van der Waals surface area contributed by atoms with Gasteiger partial charge in [-0.25, -0.2) is 4.79 Å². The number of rotatable bonds is 4. The third-order valence-corrected chi connectivity index (χ3v) is 3.51. The number of hydrogen-bond donors (Lipinski definition) is 1. The number of carboxylic acid groups (broad SMARTS) is 1. The van der Waals surface area contributed by atoms with Gasteiger partial charge >= 0.3 is 5.97 Å². The van der Waals surface area contributed by atoms with E-state index in [2.05, 4.69) is 21.0 Å². The predicted molar refractivity (Wildman–Crippen MR) is 74.5 cm³/mol. The summed E-state index contributed by atoms with van der Waals surface area (Å²) < 4.78 is 7.42. The molecule has 0 fully saturated rings. The zero-order valence-electron chi connectivity index (χ0n) is 10.6. The average Bonchev–Trinajstić information content (AvgIpc) is 2.75. The number of nitrogens with zero attached hydrogens (tertiary/aromatic N) is 2. The van der Waals surface area contributed by atoms with Crippen LogP contribution in [0.4, 0.5) is 0 Å². The number of ether oxygens (including phenoxy) is 1. The summed E-state index contributed by atoms with van der Waals surface area (Å²) in [5.41, 5.74) is 1.51. The molecule has 6 heteroatoms. The fourth-order valence-electron chi connectivity index (χ4n) is 1.90. The highest BCUT2D eigenvalue weighted by Crippen LogP contribution is 2.36. The Labute approximate surface area is 118 Å². The Balaban J connectivity index is 2.70. The van der Waals surface area contributed by atoms with E-state index in [1.54, 1.807) is 11.8 Å². The molecule has 2 aromatic rings. The van der Waals surface area contributed by atoms with Gasteiger partial charge in [0.15, 0.2) is 5.69 Å². The Morgan fingerprint density at radius 3 is 2.74 bits per heavy atom. The lowest BCUT2D eigenvalue weighted by molar-refractivity contribution is 0.0688. The number of para-hydroxylation sites is 1. The Bertz CT molecular complexity index is 622. The van der Waals surface area contributed by atoms with Crippen molar-refractivity contribution in [3.8, 4) is 17.0 Å². The third-order valence-electron chi connectivity index (χ3n) is 2.76. The van der Waals surface area contributed by atoms with E-state index in [0.29, 0.717) is 22.5 Å². The van der Waals surface area contributed by atoms with Crippen LogP contribution in [-0.4, -0.2) is 28.0 Å². The molecule has 0 saturated carbocycles. The Hall–Kier alpha value is -1.82. The van der Waals surface area contributed by atoms with Gasteiger partial charge in [-0.15, -0.1) is 0 Å². The fourth-order valence-corrected chi connectivity index (χ4v) is 2.57. The van der Waals surface area contributed by atoms with Crippen molar-refractivity contribution in [1.29, 1.82) is 0 Å². The number of carboxylic acids is 1. The van der Waals surface area contributed by atoms with E-state index >= 15 is 0 Å². The quantitative estimate of drug-likeness (QED) is 0.938. The van der Waals surface area contributed by atoms with E-state index in [4.69, 9.17) is 9.84 Å². The molecule has 0 radical (unpaired) electrons. The van der Waals surface area contributed by atoms with Crippen molar-refractivity contribution < 1.29 is 14.6 Å². The first-order valence-corrected chi connectivity index (χ1v) is 6.52. The van der Waals surface area contributed by atoms with Gasteiger partial charge < -0.3 is 9.84 Å². The van der Waals surface area contributed by atoms with E-state index < -0.39 is 5.97 Å². The molecule has 0 amide bonds. The Kier molecular flexibility index (Phi) is 3.90. The van der Waals surface area contributed by atoms with Gasteiger partial charge in [0.25, 0.3) is 0 Å². The minimum Gasteiger partial charge on any atom is -0.496 e. The summed E-state index contributed by atoms with van der Waals surface area (Å²) in [4.78, 5) is 11.2. The van der Waals surface area contributed by atoms with E-state index in [1.807, 2.05) is 31.2 Å². The van der Waals surface area contributed by atoms with Gasteiger partial charge in [0.2, 0.25) is 0 Å². The first-order valence-electron chi connectivity index (χ1n) is 5.73. The lowest BCUT2D eigenvalue weighted by atomic mass is 10.1. The molecule has 0 aliphatic heterocycles. The molecule has 1 heterocycles. The molecule has 0 spiro atoms. The topological polar surface area (TPSA) is 64.4 Å². The normalized spacial score (nSPS) is 10.5. The summed E-state index contributed by atoms with van der Waals surface area (Å²) in [5, 5.41) is 13.2. The van der Waals surface area contributed by atoms with Crippen molar-refractivity contribution in [2.45, 2.75) is 13.5 Å². The van der Waals surface area contributed by atoms with Crippen LogP contribution in [0.3, 0.4) is 0 Å². The Morgan fingerprint density at radius 2 is 2.16 bits per heavy atom. The van der Waals surface area contributed by atoms with Crippen molar-refractivity contribution in [3.63, 3.8) is 0 Å². The summed E-state index contributed by atoms with van der Waals surface area (Å²) in [6, 6.07) is 7.44. The number of methoxy groups -OCH3 is 1. The second-order valence-electron chi connectivity index (χ2n) is 3.83. The lowest BCUT2D eigenvalue weighted by Crippen LogP contribution is -2.02. The maximum absolute atomic E-state index is 11.2. The van der Waals surface area contributed by atoms with Crippen LogP contribution in [0.25, 0.3) is 11.3 Å². The van der Waals surface area contributed by atoms with E-state index in [-0.39, 0.29) is 5.69 Å². The summed E-state index contributed by atoms with van der Waals surface area (Å²) in [7, 11) is 1.58. The van der Waals surface area contributed by atoms with Crippen molar-refractivity contribution >= 4 is 21.9 Å². The van der Waals surface area contributed by atoms with E-state index in [0.717, 1.165) is 5.56 Å². The van der Waals surface area contributed by atoms with Crippen LogP contribution in [0.15, 0.2) is 28.7 Å². The third kappa shape index (κ3) is 2.35. The number of aromatic carboxylic acids is 1. The maximum Gasteiger partial charge on any atom is 0.357 e. The zero-order valence-corrected chi connectivity index (χ0v) is 12.1. The first kappa shape index (κ1) is 13.6. The van der Waals surface area contributed by atoms with Crippen molar-refractivity contribution in [2.24, 2.45) is 0 Å². The molecule has 2 rings (SSSR count). The molecule has 1 N–H and O–H groups in total. The van der Waals surface area contributed by atoms with Crippen LogP contribution in [0, 0.1) is 0 Å². The van der Waals surface area contributed by atoms with Gasteiger partial charge in [0, 0.05) is 12.1 Å². The second kappa shape index (κ2) is 5.44. The highest BCUT2D eigenvalue weighted by Gasteiger charge is 2.23. The van der Waals surface area contributed by atoms with Crippen LogP contribution in [0.1, 0.15) is 17.4 Å². The van der Waals surface area contributed by atoms with Crippen LogP contribution in [-0.2, 0) is 6.54 Å². The number of aryl methyl sites for hydroxylation is 1. The number of benzene rings is 1. The van der Waals surface area contributed by atoms with Gasteiger partial charge in [0.05, 0.1) is 17.3 Å². The first-order chi connectivity index (χ1) is 9.10. The molecule has 0 bridgehead atoms. The summed E-state index contributed by atoms with van der Waals surface area (Å²) in [6.45, 7) is 2.48. The molecular weight excluding hydrogens is 312 g/mol. The van der Waals surface area contributed by atoms with Crippen molar-refractivity contribution in [1.82, 2.24) is 9.78 Å². The number of halogens is 1. The molecule has 1 aromatic heterocycles. The summed E-state index contributed by atoms with van der Waals surface area (Å²) in [5.74, 6) is -0.384. The summed E-state index contributed by atoms with van der Waals surface area (Å²) in [6.07, 6.45) is 0. The smallest absolute Gasteiger partial charge is 0.357 e. The minimum absolute atomic E-state index is 0.00255. The zero-order chi connectivity index (χ0) is 14.0. The number of hydrogen-bond acceptors (Lipinski definition) is 3. The monoisotopic (exact) mass is 324 g/mol. The molecule has 1 aromatic carbocycles. The van der Waals surface area contributed by atoms with Gasteiger partial charge in [-0.3, -0.25) is 4.68 Å². The van der Waals surface area contributed by atoms with E-state index in [9.17, 15) is 4.79 Å². The Morgan fingerprint density at radius 1 is 1.47 bits per heavy atom. The molecule has 19 heavy (non-hydrogen) atoms. The van der Waals surface area contributed by atoms with Crippen molar-refractivity contribution in [2.75, 3.05) is 7.11 Å². The fraction of sp³-hybridized carbons (Fsp3) is 0.231. The standard InChI is InChI=1S/C13H13BrN2O3/c1-3-16-12(10(14)11(15-16)13(17)18)8-6-4-5-7-9(8)19-2/h4-7H,3H2,1-2H3,(H,17,18). The highest BCUT2D eigenvalue weighted by atomic mass is 79.9. The van der Waals surface area contributed by atoms with E-state index in [1.165, 1.54) is 0 Å². The van der Waals surface area contributed by atoms with Crippen molar-refractivity contribution in [3.05, 3.63) is 34.4 Å². The summed E-state index contributed by atoms with van der Waals surface area (Å²) >= 11 is 3.32. The van der Waals surface area contributed by atoms with Crippen LogP contribution >= 0.6 is 15.9 Å². The molecule has 0 saturated heterocycles. The molecule has 0 aliphatic carbocycles. The molecular formula is C13H13BrN2O3. The molecule has 0 aliphatic rings. The second-order valence-corrected chi connectivity index (χ2v) is 4.63. The molecule has 100 valence electrons. The number of carbonyl (C=O) groups is 1. The molecule has 0 unspecified atom stereocenters. The molecule has 0 atom stereocenters. The van der Waals surface area contributed by atoms with Crippen LogP contribution in [0.5, 0.6) is 5.75 Å². The SMILES string of the molecule is CCn1nc(C(=O)O)c(Br)c1-c1ccccc1OC. The van der Waals surface area contributed by atoms with Gasteiger partial charge in [0.1, 0.15) is 5.75 Å². The maximum atomic E-state index is 11.2.